The number of aryl methyl sites for hydroxylation is 1. The van der Waals surface area contributed by atoms with Gasteiger partial charge in [0.05, 0.1) is 5.69 Å². The average molecular weight is 407 g/mol. The van der Waals surface area contributed by atoms with Gasteiger partial charge in [-0.2, -0.15) is 0 Å². The van der Waals surface area contributed by atoms with E-state index in [9.17, 15) is 9.18 Å². The molecule has 0 bridgehead atoms. The second kappa shape index (κ2) is 7.85. The summed E-state index contributed by atoms with van der Waals surface area (Å²) in [5, 5.41) is 7.56. The van der Waals surface area contributed by atoms with Crippen LogP contribution in [0.2, 0.25) is 5.02 Å². The van der Waals surface area contributed by atoms with Crippen LogP contribution in [-0.4, -0.2) is 20.7 Å². The third-order valence-electron chi connectivity index (χ3n) is 4.25. The number of hydrogen-bond donors (Lipinski definition) is 1. The number of benzene rings is 3. The number of nitrogens with one attached hydrogen (secondary N) is 1. The van der Waals surface area contributed by atoms with Gasteiger partial charge in [0.1, 0.15) is 5.82 Å². The van der Waals surface area contributed by atoms with Crippen LogP contribution in [0, 0.1) is 12.7 Å². The molecule has 0 saturated heterocycles. The van der Waals surface area contributed by atoms with Crippen LogP contribution in [0.5, 0.6) is 0 Å². The first kappa shape index (κ1) is 18.8. The van der Waals surface area contributed by atoms with Gasteiger partial charge in [-0.15, -0.1) is 5.10 Å². The number of rotatable bonds is 4. The SMILES string of the molecule is Cc1ccc(-n2nc(C(=O)Nc3cccc(F)c3)nc2-c2cccc(Cl)c2)cc1. The van der Waals surface area contributed by atoms with Gasteiger partial charge >= 0.3 is 0 Å². The van der Waals surface area contributed by atoms with E-state index in [1.807, 2.05) is 37.3 Å². The second-order valence-corrected chi connectivity index (χ2v) is 6.92. The van der Waals surface area contributed by atoms with E-state index in [1.54, 1.807) is 28.9 Å². The Balaban J connectivity index is 1.76. The molecule has 4 rings (SSSR count). The summed E-state index contributed by atoms with van der Waals surface area (Å²) in [6, 6.07) is 20.5. The first-order valence-electron chi connectivity index (χ1n) is 8.86. The van der Waals surface area contributed by atoms with Gasteiger partial charge in [0.15, 0.2) is 5.82 Å². The normalized spacial score (nSPS) is 10.7. The Morgan fingerprint density at radius 2 is 1.79 bits per heavy atom. The number of carbonyl (C=O) groups is 1. The minimum absolute atomic E-state index is 0.0372. The molecule has 29 heavy (non-hydrogen) atoms. The summed E-state index contributed by atoms with van der Waals surface area (Å²) >= 11 is 6.13. The summed E-state index contributed by atoms with van der Waals surface area (Å²) in [6.45, 7) is 1.99. The lowest BCUT2D eigenvalue weighted by molar-refractivity contribution is 0.101. The predicted octanol–water partition coefficient (Wildman–Crippen LogP) is 5.29. The Bertz CT molecular complexity index is 1190. The monoisotopic (exact) mass is 406 g/mol. The van der Waals surface area contributed by atoms with Gasteiger partial charge in [0, 0.05) is 16.3 Å². The van der Waals surface area contributed by atoms with Crippen molar-refractivity contribution in [3.63, 3.8) is 0 Å². The topological polar surface area (TPSA) is 59.8 Å². The minimum Gasteiger partial charge on any atom is -0.319 e. The van der Waals surface area contributed by atoms with Crippen molar-refractivity contribution in [1.29, 1.82) is 0 Å². The van der Waals surface area contributed by atoms with Crippen LogP contribution in [0.25, 0.3) is 17.1 Å². The number of hydrogen-bond acceptors (Lipinski definition) is 3. The molecule has 0 aliphatic heterocycles. The van der Waals surface area contributed by atoms with E-state index < -0.39 is 11.7 Å². The molecule has 0 aliphatic rings. The van der Waals surface area contributed by atoms with E-state index in [2.05, 4.69) is 15.4 Å². The van der Waals surface area contributed by atoms with Gasteiger partial charge in [-0.25, -0.2) is 14.1 Å². The van der Waals surface area contributed by atoms with E-state index in [4.69, 9.17) is 11.6 Å². The predicted molar refractivity (Wildman–Crippen MR) is 111 cm³/mol. The molecule has 4 aromatic rings. The summed E-state index contributed by atoms with van der Waals surface area (Å²) in [4.78, 5) is 17.1. The third kappa shape index (κ3) is 4.17. The first-order chi connectivity index (χ1) is 14.0. The highest BCUT2D eigenvalue weighted by molar-refractivity contribution is 6.30. The maximum absolute atomic E-state index is 13.4. The summed E-state index contributed by atoms with van der Waals surface area (Å²) in [6.07, 6.45) is 0. The lowest BCUT2D eigenvalue weighted by Crippen LogP contribution is -2.14. The molecule has 144 valence electrons. The van der Waals surface area contributed by atoms with Gasteiger partial charge in [0.25, 0.3) is 5.91 Å². The molecule has 1 N–H and O–H groups in total. The van der Waals surface area contributed by atoms with Crippen molar-refractivity contribution < 1.29 is 9.18 Å². The lowest BCUT2D eigenvalue weighted by Gasteiger charge is -2.06. The van der Waals surface area contributed by atoms with Crippen LogP contribution in [0.15, 0.2) is 72.8 Å². The molecule has 0 atom stereocenters. The molecule has 0 saturated carbocycles. The average Bonchev–Trinajstić information content (AvgIpc) is 3.14. The molecular formula is C22H16ClFN4O. The van der Waals surface area contributed by atoms with E-state index >= 15 is 0 Å². The Hall–Kier alpha value is -3.51. The van der Waals surface area contributed by atoms with E-state index in [1.165, 1.54) is 18.2 Å². The lowest BCUT2D eigenvalue weighted by atomic mass is 10.2. The summed E-state index contributed by atoms with van der Waals surface area (Å²) in [7, 11) is 0. The molecule has 0 aliphatic carbocycles. The zero-order valence-corrected chi connectivity index (χ0v) is 16.2. The van der Waals surface area contributed by atoms with Crippen molar-refractivity contribution in [3.8, 4) is 17.1 Å². The Kier molecular flexibility index (Phi) is 5.10. The standard InChI is InChI=1S/C22H16ClFN4O/c1-14-8-10-19(11-9-14)28-21(15-4-2-5-16(23)12-15)26-20(27-28)22(29)25-18-7-3-6-17(24)13-18/h2-13H,1H3,(H,25,29). The Morgan fingerprint density at radius 3 is 2.52 bits per heavy atom. The maximum Gasteiger partial charge on any atom is 0.295 e. The Labute approximate surface area is 171 Å². The molecule has 0 fully saturated rings. The fraction of sp³-hybridized carbons (Fsp3) is 0.0455. The van der Waals surface area contributed by atoms with E-state index in [0.29, 0.717) is 16.5 Å². The largest absolute Gasteiger partial charge is 0.319 e. The Morgan fingerprint density at radius 1 is 1.03 bits per heavy atom. The van der Waals surface area contributed by atoms with Gasteiger partial charge in [0.2, 0.25) is 5.82 Å². The van der Waals surface area contributed by atoms with Crippen LogP contribution in [0.4, 0.5) is 10.1 Å². The van der Waals surface area contributed by atoms with Crippen LogP contribution in [-0.2, 0) is 0 Å². The number of halogens is 2. The van der Waals surface area contributed by atoms with Crippen molar-refractivity contribution in [3.05, 3.63) is 95.0 Å². The molecule has 0 spiro atoms. The molecule has 7 heteroatoms. The zero-order valence-electron chi connectivity index (χ0n) is 15.4. The molecule has 0 radical (unpaired) electrons. The quantitative estimate of drug-likeness (QED) is 0.501. The third-order valence-corrected chi connectivity index (χ3v) is 4.49. The van der Waals surface area contributed by atoms with Crippen molar-refractivity contribution in [2.75, 3.05) is 5.32 Å². The fourth-order valence-electron chi connectivity index (χ4n) is 2.84. The maximum atomic E-state index is 13.4. The van der Waals surface area contributed by atoms with Crippen molar-refractivity contribution in [2.45, 2.75) is 6.92 Å². The fourth-order valence-corrected chi connectivity index (χ4v) is 3.03. The van der Waals surface area contributed by atoms with Gasteiger partial charge in [-0.1, -0.05) is 47.5 Å². The summed E-state index contributed by atoms with van der Waals surface area (Å²) in [5.41, 5.74) is 2.89. The molecule has 1 heterocycles. The van der Waals surface area contributed by atoms with Crippen molar-refractivity contribution in [2.24, 2.45) is 0 Å². The molecular weight excluding hydrogens is 391 g/mol. The van der Waals surface area contributed by atoms with Crippen molar-refractivity contribution >= 4 is 23.2 Å². The molecule has 1 aromatic heterocycles. The van der Waals surface area contributed by atoms with E-state index in [0.717, 1.165) is 16.8 Å². The van der Waals surface area contributed by atoms with Gasteiger partial charge in [-0.3, -0.25) is 4.79 Å². The van der Waals surface area contributed by atoms with Crippen LogP contribution >= 0.6 is 11.6 Å². The van der Waals surface area contributed by atoms with Crippen LogP contribution < -0.4 is 5.32 Å². The minimum atomic E-state index is -0.537. The first-order valence-corrected chi connectivity index (χ1v) is 9.24. The van der Waals surface area contributed by atoms with Gasteiger partial charge in [-0.05, 0) is 49.4 Å². The molecule has 1 amide bonds. The van der Waals surface area contributed by atoms with Crippen molar-refractivity contribution in [1.82, 2.24) is 14.8 Å². The smallest absolute Gasteiger partial charge is 0.295 e. The second-order valence-electron chi connectivity index (χ2n) is 6.48. The molecule has 0 unspecified atom stereocenters. The molecule has 3 aromatic carbocycles. The highest BCUT2D eigenvalue weighted by atomic mass is 35.5. The summed E-state index contributed by atoms with van der Waals surface area (Å²) < 4.78 is 15.0. The summed E-state index contributed by atoms with van der Waals surface area (Å²) in [5.74, 6) is -0.546. The van der Waals surface area contributed by atoms with Crippen LogP contribution in [0.1, 0.15) is 16.2 Å². The highest BCUT2D eigenvalue weighted by Crippen LogP contribution is 2.24. The number of anilines is 1. The highest BCUT2D eigenvalue weighted by Gasteiger charge is 2.19. The van der Waals surface area contributed by atoms with Gasteiger partial charge < -0.3 is 5.32 Å². The number of aromatic nitrogens is 3. The van der Waals surface area contributed by atoms with Crippen LogP contribution in [0.3, 0.4) is 0 Å². The van der Waals surface area contributed by atoms with E-state index in [-0.39, 0.29) is 5.82 Å². The molecule has 5 nitrogen and oxygen atoms in total. The zero-order chi connectivity index (χ0) is 20.4. The number of nitrogens with zero attached hydrogens (tertiary/aromatic N) is 3. The number of amides is 1. The number of carbonyl (C=O) groups excluding carboxylic acids is 1.